The molecule has 0 fully saturated rings. The van der Waals surface area contributed by atoms with E-state index in [9.17, 15) is 13.2 Å². The van der Waals surface area contributed by atoms with Gasteiger partial charge in [-0.15, -0.1) is 11.8 Å². The van der Waals surface area contributed by atoms with Crippen LogP contribution in [0.3, 0.4) is 0 Å². The largest absolute Gasteiger partial charge is 0.491 e. The first-order valence-corrected chi connectivity index (χ1v) is 11.5. The van der Waals surface area contributed by atoms with Gasteiger partial charge in [-0.05, 0) is 56.5 Å². The van der Waals surface area contributed by atoms with Gasteiger partial charge in [0.05, 0.1) is 17.5 Å². The predicted octanol–water partition coefficient (Wildman–Crippen LogP) is 2.92. The molecule has 6 nitrogen and oxygen atoms in total. The molecule has 2 aromatic carbocycles. The van der Waals surface area contributed by atoms with Crippen LogP contribution in [0.15, 0.2) is 58.3 Å². The van der Waals surface area contributed by atoms with E-state index >= 15 is 0 Å². The Balaban J connectivity index is 1.87. The molecule has 0 aliphatic rings. The minimum atomic E-state index is -3.72. The first-order valence-electron chi connectivity index (χ1n) is 8.81. The molecule has 0 saturated carbocycles. The number of rotatable bonds is 9. The Morgan fingerprint density at radius 3 is 2.32 bits per heavy atom. The fourth-order valence-electron chi connectivity index (χ4n) is 2.43. The molecule has 28 heavy (non-hydrogen) atoms. The first-order chi connectivity index (χ1) is 13.2. The van der Waals surface area contributed by atoms with Gasteiger partial charge in [0.15, 0.2) is 0 Å². The van der Waals surface area contributed by atoms with Crippen molar-refractivity contribution in [3.63, 3.8) is 0 Å². The normalized spacial score (nSPS) is 12.6. The molecule has 0 bridgehead atoms. The van der Waals surface area contributed by atoms with Gasteiger partial charge in [-0.1, -0.05) is 17.7 Å². The van der Waals surface area contributed by atoms with Gasteiger partial charge in [-0.25, -0.2) is 8.42 Å². The molecular weight excluding hydrogens is 396 g/mol. The average molecular weight is 423 g/mol. The van der Waals surface area contributed by atoms with E-state index in [1.165, 1.54) is 18.8 Å². The van der Waals surface area contributed by atoms with Crippen LogP contribution in [0, 0.1) is 6.92 Å². The molecule has 0 spiro atoms. The Bertz CT molecular complexity index is 881. The Morgan fingerprint density at radius 1 is 1.14 bits per heavy atom. The third-order valence-electron chi connectivity index (χ3n) is 4.06. The molecule has 0 aliphatic carbocycles. The van der Waals surface area contributed by atoms with Gasteiger partial charge < -0.3 is 10.1 Å². The zero-order valence-electron chi connectivity index (χ0n) is 16.5. The summed E-state index contributed by atoms with van der Waals surface area (Å²) in [5, 5.41) is 2.76. The van der Waals surface area contributed by atoms with E-state index in [0.717, 1.165) is 20.5 Å². The molecule has 0 saturated heterocycles. The molecular formula is C20H26N2O4S2. The van der Waals surface area contributed by atoms with Crippen molar-refractivity contribution < 1.29 is 17.9 Å². The molecule has 1 N–H and O–H groups in total. The third-order valence-corrected chi connectivity index (χ3v) is 6.62. The van der Waals surface area contributed by atoms with Crippen molar-refractivity contribution in [1.29, 1.82) is 0 Å². The number of thioether (sulfide) groups is 1. The van der Waals surface area contributed by atoms with Gasteiger partial charge >= 0.3 is 0 Å². The first kappa shape index (κ1) is 22.3. The van der Waals surface area contributed by atoms with Crippen LogP contribution in [-0.4, -0.2) is 51.1 Å². The zero-order chi connectivity index (χ0) is 20.7. The average Bonchev–Trinajstić information content (AvgIpc) is 2.67. The maximum Gasteiger partial charge on any atom is 0.243 e. The lowest BCUT2D eigenvalue weighted by Gasteiger charge is -2.19. The maximum atomic E-state index is 12.6. The molecule has 0 unspecified atom stereocenters. The van der Waals surface area contributed by atoms with Crippen molar-refractivity contribution in [2.75, 3.05) is 26.5 Å². The van der Waals surface area contributed by atoms with Gasteiger partial charge in [0, 0.05) is 11.9 Å². The second kappa shape index (κ2) is 9.95. The number of likely N-dealkylation sites (N-methyl/N-ethyl adjacent to an activating group) is 1. The summed E-state index contributed by atoms with van der Waals surface area (Å²) >= 11 is 1.53. The molecule has 0 radical (unpaired) electrons. The standard InChI is InChI=1S/C20H26N2O4S2/c1-15-5-7-17(8-6-15)26-14-16(2)21-20(23)13-22(3)28(24,25)19-11-9-18(27-4)10-12-19/h5-12,16H,13-14H2,1-4H3,(H,21,23)/t16-/m1/s1. The predicted molar refractivity (Wildman–Crippen MR) is 112 cm³/mol. The summed E-state index contributed by atoms with van der Waals surface area (Å²) in [6, 6.07) is 14.0. The van der Waals surface area contributed by atoms with Crippen LogP contribution in [-0.2, 0) is 14.8 Å². The minimum Gasteiger partial charge on any atom is -0.491 e. The molecule has 0 heterocycles. The van der Waals surface area contributed by atoms with Gasteiger partial charge in [0.2, 0.25) is 15.9 Å². The molecule has 8 heteroatoms. The lowest BCUT2D eigenvalue weighted by Crippen LogP contribution is -2.43. The lowest BCUT2D eigenvalue weighted by molar-refractivity contribution is -0.121. The SMILES string of the molecule is CSc1ccc(S(=O)(=O)N(C)CC(=O)N[C@H](C)COc2ccc(C)cc2)cc1. The van der Waals surface area contributed by atoms with E-state index in [1.54, 1.807) is 24.3 Å². The number of sulfonamides is 1. The number of ether oxygens (including phenoxy) is 1. The van der Waals surface area contributed by atoms with Crippen LogP contribution in [0.1, 0.15) is 12.5 Å². The summed E-state index contributed by atoms with van der Waals surface area (Å²) in [4.78, 5) is 13.4. The lowest BCUT2D eigenvalue weighted by atomic mass is 10.2. The van der Waals surface area contributed by atoms with E-state index in [-0.39, 0.29) is 23.4 Å². The molecule has 0 aromatic heterocycles. The van der Waals surface area contributed by atoms with Crippen molar-refractivity contribution in [3.8, 4) is 5.75 Å². The Hall–Kier alpha value is -2.03. The monoisotopic (exact) mass is 422 g/mol. The van der Waals surface area contributed by atoms with Crippen molar-refractivity contribution >= 4 is 27.7 Å². The number of carbonyl (C=O) groups excluding carboxylic acids is 1. The molecule has 1 atom stereocenters. The summed E-state index contributed by atoms with van der Waals surface area (Å²) in [6.45, 7) is 3.83. The molecule has 2 aromatic rings. The third kappa shape index (κ3) is 6.25. The smallest absolute Gasteiger partial charge is 0.243 e. The fraction of sp³-hybridized carbons (Fsp3) is 0.350. The number of nitrogens with one attached hydrogen (secondary N) is 1. The number of benzene rings is 2. The van der Waals surface area contributed by atoms with Crippen LogP contribution < -0.4 is 10.1 Å². The quantitative estimate of drug-likeness (QED) is 0.629. The van der Waals surface area contributed by atoms with Crippen LogP contribution >= 0.6 is 11.8 Å². The van der Waals surface area contributed by atoms with Crippen LogP contribution in [0.4, 0.5) is 0 Å². The van der Waals surface area contributed by atoms with Gasteiger partial charge in [0.1, 0.15) is 12.4 Å². The second-order valence-corrected chi connectivity index (χ2v) is 9.45. The second-order valence-electron chi connectivity index (χ2n) is 6.53. The number of hydrogen-bond acceptors (Lipinski definition) is 5. The van der Waals surface area contributed by atoms with Crippen molar-refractivity contribution in [1.82, 2.24) is 9.62 Å². The van der Waals surface area contributed by atoms with E-state index < -0.39 is 10.0 Å². The molecule has 152 valence electrons. The van der Waals surface area contributed by atoms with Crippen LogP contribution in [0.2, 0.25) is 0 Å². The molecule has 1 amide bonds. The summed E-state index contributed by atoms with van der Waals surface area (Å²) in [5.41, 5.74) is 1.14. The minimum absolute atomic E-state index is 0.163. The Morgan fingerprint density at radius 2 is 1.75 bits per heavy atom. The highest BCUT2D eigenvalue weighted by Crippen LogP contribution is 2.19. The Kier molecular flexibility index (Phi) is 7.91. The summed E-state index contributed by atoms with van der Waals surface area (Å²) in [7, 11) is -2.33. The summed E-state index contributed by atoms with van der Waals surface area (Å²) in [5.74, 6) is 0.340. The number of amides is 1. The highest BCUT2D eigenvalue weighted by molar-refractivity contribution is 7.98. The Labute approximate surface area is 171 Å². The number of aryl methyl sites for hydroxylation is 1. The topological polar surface area (TPSA) is 75.7 Å². The van der Waals surface area contributed by atoms with Gasteiger partial charge in [0.25, 0.3) is 0 Å². The number of nitrogens with zero attached hydrogens (tertiary/aromatic N) is 1. The van der Waals surface area contributed by atoms with E-state index in [1.807, 2.05) is 44.4 Å². The highest BCUT2D eigenvalue weighted by Gasteiger charge is 2.23. The van der Waals surface area contributed by atoms with Gasteiger partial charge in [-0.3, -0.25) is 4.79 Å². The van der Waals surface area contributed by atoms with Crippen LogP contribution in [0.25, 0.3) is 0 Å². The maximum absolute atomic E-state index is 12.6. The number of carbonyl (C=O) groups is 1. The fourth-order valence-corrected chi connectivity index (χ4v) is 3.97. The van der Waals surface area contributed by atoms with E-state index in [4.69, 9.17) is 4.74 Å². The van der Waals surface area contributed by atoms with Gasteiger partial charge in [-0.2, -0.15) is 4.31 Å². The van der Waals surface area contributed by atoms with Crippen molar-refractivity contribution in [3.05, 3.63) is 54.1 Å². The molecule has 2 rings (SSSR count). The number of hydrogen-bond donors (Lipinski definition) is 1. The van der Waals surface area contributed by atoms with Crippen molar-refractivity contribution in [2.24, 2.45) is 0 Å². The highest BCUT2D eigenvalue weighted by atomic mass is 32.2. The summed E-state index contributed by atoms with van der Waals surface area (Å²) in [6.07, 6.45) is 1.92. The zero-order valence-corrected chi connectivity index (χ0v) is 18.1. The van der Waals surface area contributed by atoms with E-state index in [0.29, 0.717) is 6.61 Å². The summed E-state index contributed by atoms with van der Waals surface area (Å²) < 4.78 is 31.9. The van der Waals surface area contributed by atoms with Crippen LogP contribution in [0.5, 0.6) is 5.75 Å². The van der Waals surface area contributed by atoms with E-state index in [2.05, 4.69) is 5.32 Å². The molecule has 0 aliphatic heterocycles. The van der Waals surface area contributed by atoms with Crippen molar-refractivity contribution in [2.45, 2.75) is 29.7 Å².